The second-order valence-electron chi connectivity index (χ2n) is 9.49. The average molecular weight is 606 g/mol. The lowest BCUT2D eigenvalue weighted by Gasteiger charge is -2.36. The highest BCUT2D eigenvalue weighted by molar-refractivity contribution is 6.01. The Bertz CT molecular complexity index is 1320. The molecular formula is C28H35N3O12. The van der Waals surface area contributed by atoms with E-state index in [-0.39, 0.29) is 72.2 Å². The van der Waals surface area contributed by atoms with Crippen molar-refractivity contribution in [3.8, 4) is 0 Å². The number of hydrogen-bond acceptors (Lipinski definition) is 13. The Labute approximate surface area is 247 Å². The van der Waals surface area contributed by atoms with Gasteiger partial charge in [-0.1, -0.05) is 12.1 Å². The largest absolute Gasteiger partial charge is 0.460 e. The van der Waals surface area contributed by atoms with Crippen LogP contribution in [0.2, 0.25) is 0 Å². The molecule has 0 fully saturated rings. The van der Waals surface area contributed by atoms with Crippen LogP contribution >= 0.6 is 0 Å². The standard InChI is InChI=1S/C28H35N3O12/c1-16(2)43-27(35)24-18(4)30(28(36)42-15-41-22(33)10-9-21(32)14-29)17(3)23(26(34)40-12-11-39-5)25(24)19-7-6-8-20(13-19)31(37)38/h6-8,13,16,25H,9-12,14-15,29H2,1-5H3. The van der Waals surface area contributed by atoms with Crippen LogP contribution in [0.25, 0.3) is 0 Å². The number of nitro groups is 1. The zero-order valence-corrected chi connectivity index (χ0v) is 24.6. The Kier molecular flexibility index (Phi) is 13.0. The van der Waals surface area contributed by atoms with Crippen LogP contribution in [0.5, 0.6) is 0 Å². The molecule has 234 valence electrons. The second kappa shape index (κ2) is 16.1. The number of carbonyl (C=O) groups is 5. The molecule has 1 atom stereocenters. The lowest BCUT2D eigenvalue weighted by Crippen LogP contribution is -2.39. The normalized spacial score (nSPS) is 14.9. The summed E-state index contributed by atoms with van der Waals surface area (Å²) in [6.07, 6.45) is -2.14. The van der Waals surface area contributed by atoms with Gasteiger partial charge in [0.2, 0.25) is 6.79 Å². The zero-order chi connectivity index (χ0) is 32.3. The molecule has 15 nitrogen and oxygen atoms in total. The van der Waals surface area contributed by atoms with Crippen molar-refractivity contribution in [1.82, 2.24) is 4.90 Å². The fraction of sp³-hybridized carbons (Fsp3) is 0.464. The molecule has 2 N–H and O–H groups in total. The van der Waals surface area contributed by atoms with Gasteiger partial charge in [0, 0.05) is 37.1 Å². The molecule has 0 aromatic heterocycles. The van der Waals surface area contributed by atoms with Crippen LogP contribution in [0, 0.1) is 10.1 Å². The van der Waals surface area contributed by atoms with Gasteiger partial charge in [0.05, 0.1) is 47.7 Å². The third-order valence-corrected chi connectivity index (χ3v) is 6.17. The summed E-state index contributed by atoms with van der Waals surface area (Å²) in [5, 5.41) is 11.6. The third kappa shape index (κ3) is 9.18. The SMILES string of the molecule is COCCOC(=O)C1=C(C)N(C(=O)OCOC(=O)CCC(=O)CN)C(C)=C(C(=O)OC(C)C)C1c1cccc([N+](=O)[O-])c1. The van der Waals surface area contributed by atoms with Crippen molar-refractivity contribution < 1.29 is 52.6 Å². The fourth-order valence-electron chi connectivity index (χ4n) is 4.21. The van der Waals surface area contributed by atoms with Crippen molar-refractivity contribution in [2.24, 2.45) is 5.73 Å². The second-order valence-corrected chi connectivity index (χ2v) is 9.49. The summed E-state index contributed by atoms with van der Waals surface area (Å²) in [5.41, 5.74) is 4.73. The number of nitro benzene ring substituents is 1. The number of ether oxygens (including phenoxy) is 5. The van der Waals surface area contributed by atoms with Crippen LogP contribution in [0.15, 0.2) is 46.8 Å². The molecule has 0 spiro atoms. The van der Waals surface area contributed by atoms with Crippen molar-refractivity contribution in [3.05, 3.63) is 62.5 Å². The highest BCUT2D eigenvalue weighted by atomic mass is 16.7. The minimum atomic E-state index is -1.23. The highest BCUT2D eigenvalue weighted by Gasteiger charge is 2.43. The van der Waals surface area contributed by atoms with Gasteiger partial charge in [-0.25, -0.2) is 14.4 Å². The lowest BCUT2D eigenvalue weighted by atomic mass is 9.79. The molecule has 15 heteroatoms. The van der Waals surface area contributed by atoms with Crippen molar-refractivity contribution >= 4 is 35.5 Å². The van der Waals surface area contributed by atoms with Crippen molar-refractivity contribution in [3.63, 3.8) is 0 Å². The molecule has 1 amide bonds. The molecule has 1 aliphatic rings. The molecule has 1 heterocycles. The predicted octanol–water partition coefficient (Wildman–Crippen LogP) is 2.63. The monoisotopic (exact) mass is 605 g/mol. The number of nitrogens with zero attached hydrogens (tertiary/aromatic N) is 2. The van der Waals surface area contributed by atoms with Crippen LogP contribution in [0.3, 0.4) is 0 Å². The van der Waals surface area contributed by atoms with Gasteiger partial charge in [-0.2, -0.15) is 0 Å². The molecule has 43 heavy (non-hydrogen) atoms. The van der Waals surface area contributed by atoms with E-state index < -0.39 is 47.7 Å². The molecule has 0 aliphatic carbocycles. The highest BCUT2D eigenvalue weighted by Crippen LogP contribution is 2.44. The minimum Gasteiger partial charge on any atom is -0.460 e. The topological polar surface area (TPSA) is 204 Å². The fourth-order valence-corrected chi connectivity index (χ4v) is 4.21. The Morgan fingerprint density at radius 2 is 1.63 bits per heavy atom. The van der Waals surface area contributed by atoms with E-state index in [0.717, 1.165) is 4.90 Å². The van der Waals surface area contributed by atoms with Crippen LogP contribution in [0.4, 0.5) is 10.5 Å². The van der Waals surface area contributed by atoms with Gasteiger partial charge in [-0.3, -0.25) is 24.6 Å². The predicted molar refractivity (Wildman–Crippen MR) is 148 cm³/mol. The Hall–Kier alpha value is -4.63. The molecule has 0 bridgehead atoms. The lowest BCUT2D eigenvalue weighted by molar-refractivity contribution is -0.384. The molecule has 2 rings (SSSR count). The maximum absolute atomic E-state index is 13.5. The summed E-state index contributed by atoms with van der Waals surface area (Å²) in [5.74, 6) is -4.23. The first kappa shape index (κ1) is 34.6. The van der Waals surface area contributed by atoms with Crippen molar-refractivity contribution in [1.29, 1.82) is 0 Å². The molecular weight excluding hydrogens is 570 g/mol. The molecule has 0 radical (unpaired) electrons. The van der Waals surface area contributed by atoms with E-state index >= 15 is 0 Å². The zero-order valence-electron chi connectivity index (χ0n) is 24.6. The number of allylic oxidation sites excluding steroid dienone is 2. The van der Waals surface area contributed by atoms with Gasteiger partial charge in [-0.05, 0) is 33.3 Å². The van der Waals surface area contributed by atoms with E-state index in [9.17, 15) is 34.1 Å². The first-order valence-electron chi connectivity index (χ1n) is 13.2. The number of methoxy groups -OCH3 is 1. The van der Waals surface area contributed by atoms with Crippen LogP contribution in [-0.2, 0) is 42.9 Å². The number of rotatable bonds is 14. The van der Waals surface area contributed by atoms with Crippen LogP contribution in [0.1, 0.15) is 52.0 Å². The summed E-state index contributed by atoms with van der Waals surface area (Å²) in [4.78, 5) is 75.3. The molecule has 0 saturated carbocycles. The number of amides is 1. The first-order valence-corrected chi connectivity index (χ1v) is 13.2. The number of non-ortho nitro benzene ring substituents is 1. The Morgan fingerprint density at radius 3 is 2.21 bits per heavy atom. The van der Waals surface area contributed by atoms with Gasteiger partial charge in [0.1, 0.15) is 12.4 Å². The Balaban J connectivity index is 2.59. The number of hydrogen-bond donors (Lipinski definition) is 1. The van der Waals surface area contributed by atoms with Crippen LogP contribution in [-0.4, -0.2) is 79.4 Å². The first-order chi connectivity index (χ1) is 20.3. The molecule has 1 aromatic carbocycles. The quantitative estimate of drug-likeness (QED) is 0.0810. The van der Waals surface area contributed by atoms with E-state index in [1.807, 2.05) is 0 Å². The summed E-state index contributed by atoms with van der Waals surface area (Å²) in [6, 6.07) is 5.35. The van der Waals surface area contributed by atoms with Gasteiger partial charge >= 0.3 is 24.0 Å². The molecule has 1 aliphatic heterocycles. The summed E-state index contributed by atoms with van der Waals surface area (Å²) in [7, 11) is 1.40. The average Bonchev–Trinajstić information content (AvgIpc) is 2.95. The number of Topliss-reactive ketones (excluding diaryl/α,β-unsaturated/α-hetero) is 1. The van der Waals surface area contributed by atoms with Gasteiger partial charge in [-0.15, -0.1) is 0 Å². The van der Waals surface area contributed by atoms with Gasteiger partial charge in [0.25, 0.3) is 5.69 Å². The summed E-state index contributed by atoms with van der Waals surface area (Å²) < 4.78 is 25.7. The number of esters is 3. The van der Waals surface area contributed by atoms with E-state index in [4.69, 9.17) is 29.4 Å². The summed E-state index contributed by atoms with van der Waals surface area (Å²) in [6.45, 7) is 4.81. The van der Waals surface area contributed by atoms with E-state index in [1.165, 1.54) is 45.2 Å². The third-order valence-electron chi connectivity index (χ3n) is 6.17. The minimum absolute atomic E-state index is 0.00188. The Morgan fingerprint density at radius 1 is 0.977 bits per heavy atom. The number of nitrogens with two attached hydrogens (primary N) is 1. The van der Waals surface area contributed by atoms with Crippen LogP contribution < -0.4 is 5.73 Å². The number of benzene rings is 1. The summed E-state index contributed by atoms with van der Waals surface area (Å²) >= 11 is 0. The van der Waals surface area contributed by atoms with Gasteiger partial charge in [0.15, 0.2) is 0 Å². The smallest absolute Gasteiger partial charge is 0.421 e. The van der Waals surface area contributed by atoms with E-state index in [1.54, 1.807) is 13.8 Å². The molecule has 1 unspecified atom stereocenters. The maximum atomic E-state index is 13.5. The van der Waals surface area contributed by atoms with Crippen molar-refractivity contribution in [2.75, 3.05) is 33.7 Å². The van der Waals surface area contributed by atoms with E-state index in [0.29, 0.717) is 0 Å². The maximum Gasteiger partial charge on any atom is 0.421 e. The number of carbonyl (C=O) groups excluding carboxylic acids is 5. The van der Waals surface area contributed by atoms with Gasteiger partial charge < -0.3 is 29.4 Å². The number of ketones is 1. The van der Waals surface area contributed by atoms with E-state index in [2.05, 4.69) is 0 Å². The molecule has 1 aromatic rings. The van der Waals surface area contributed by atoms with Crippen molar-refractivity contribution in [2.45, 2.75) is 52.6 Å². The molecule has 0 saturated heterocycles.